The van der Waals surface area contributed by atoms with E-state index in [0.29, 0.717) is 10.8 Å². The molecule has 1 aromatic heterocycles. The molecule has 0 aliphatic rings. The predicted octanol–water partition coefficient (Wildman–Crippen LogP) is 2.02. The number of nitrogens with two attached hydrogens (primary N) is 1. The summed E-state index contributed by atoms with van der Waals surface area (Å²) in [6.07, 6.45) is 0. The minimum absolute atomic E-state index is 0.122. The average molecular weight is 238 g/mol. The van der Waals surface area contributed by atoms with Crippen LogP contribution >= 0.6 is 11.6 Å². The third-order valence-electron chi connectivity index (χ3n) is 2.48. The summed E-state index contributed by atoms with van der Waals surface area (Å²) in [5.41, 5.74) is 6.33. The van der Waals surface area contributed by atoms with Crippen molar-refractivity contribution in [3.8, 4) is 0 Å². The van der Waals surface area contributed by atoms with Crippen LogP contribution in [0.5, 0.6) is 0 Å². The fraction of sp³-hybridized carbons (Fsp3) is 0.182. The monoisotopic (exact) mass is 237 g/mol. The molecule has 0 aliphatic carbocycles. The number of hydrogen-bond donors (Lipinski definition) is 2. The van der Waals surface area contributed by atoms with Crippen LogP contribution in [-0.4, -0.2) is 9.78 Å². The second-order valence-corrected chi connectivity index (χ2v) is 4.09. The number of nitrogens with zero attached hydrogens (tertiary/aromatic N) is 1. The van der Waals surface area contributed by atoms with Gasteiger partial charge in [0.1, 0.15) is 5.82 Å². The van der Waals surface area contributed by atoms with Gasteiger partial charge in [-0.15, -0.1) is 0 Å². The van der Waals surface area contributed by atoms with Crippen molar-refractivity contribution in [2.24, 2.45) is 0 Å². The van der Waals surface area contributed by atoms with Gasteiger partial charge in [-0.3, -0.25) is 9.89 Å². The van der Waals surface area contributed by atoms with Crippen molar-refractivity contribution in [2.75, 3.05) is 5.73 Å². The molecule has 0 amide bonds. The number of aromatic amines is 1. The van der Waals surface area contributed by atoms with E-state index in [0.717, 1.165) is 5.56 Å². The summed E-state index contributed by atoms with van der Waals surface area (Å²) in [5.74, 6) is 0.360. The summed E-state index contributed by atoms with van der Waals surface area (Å²) in [7, 11) is 0. The molecule has 0 aliphatic heterocycles. The zero-order valence-corrected chi connectivity index (χ0v) is 9.53. The average Bonchev–Trinajstić information content (AvgIpc) is 2.57. The Morgan fingerprint density at radius 2 is 2.19 bits per heavy atom. The molecule has 1 atom stereocenters. The van der Waals surface area contributed by atoms with E-state index in [2.05, 4.69) is 5.10 Å². The van der Waals surface area contributed by atoms with Gasteiger partial charge in [-0.1, -0.05) is 23.7 Å². The van der Waals surface area contributed by atoms with Crippen molar-refractivity contribution in [3.05, 3.63) is 51.3 Å². The zero-order chi connectivity index (χ0) is 11.7. The summed E-state index contributed by atoms with van der Waals surface area (Å²) in [4.78, 5) is 11.6. The van der Waals surface area contributed by atoms with Crippen LogP contribution in [0, 0.1) is 0 Å². The molecule has 84 valence electrons. The van der Waals surface area contributed by atoms with Gasteiger partial charge in [0.15, 0.2) is 0 Å². The highest BCUT2D eigenvalue weighted by Gasteiger charge is 2.11. The molecule has 0 bridgehead atoms. The van der Waals surface area contributed by atoms with Crippen LogP contribution in [0.2, 0.25) is 5.02 Å². The molecule has 1 heterocycles. The predicted molar refractivity (Wildman–Crippen MR) is 64.7 cm³/mol. The van der Waals surface area contributed by atoms with Crippen molar-refractivity contribution in [3.63, 3.8) is 0 Å². The maximum atomic E-state index is 11.6. The van der Waals surface area contributed by atoms with Crippen molar-refractivity contribution in [2.45, 2.75) is 13.0 Å². The maximum absolute atomic E-state index is 11.6. The molecule has 4 nitrogen and oxygen atoms in total. The standard InChI is InChI=1S/C11H12ClN3O/c1-7(8-3-2-4-9(12)5-8)15-11(16)6-10(13)14-15/h2-7,14H,13H2,1H3. The highest BCUT2D eigenvalue weighted by Crippen LogP contribution is 2.19. The summed E-state index contributed by atoms with van der Waals surface area (Å²) in [6, 6.07) is 8.63. The third-order valence-corrected chi connectivity index (χ3v) is 2.72. The van der Waals surface area contributed by atoms with Crippen LogP contribution in [0.15, 0.2) is 35.1 Å². The molecular weight excluding hydrogens is 226 g/mol. The number of anilines is 1. The topological polar surface area (TPSA) is 63.8 Å². The molecule has 5 heteroatoms. The first kappa shape index (κ1) is 10.8. The molecule has 2 aromatic rings. The number of nitrogens with one attached hydrogen (secondary N) is 1. The van der Waals surface area contributed by atoms with Crippen LogP contribution in [0.25, 0.3) is 0 Å². The van der Waals surface area contributed by atoms with E-state index >= 15 is 0 Å². The normalized spacial score (nSPS) is 12.6. The lowest BCUT2D eigenvalue weighted by Gasteiger charge is -2.12. The molecule has 3 N–H and O–H groups in total. The van der Waals surface area contributed by atoms with Gasteiger partial charge in [-0.2, -0.15) is 0 Å². The Labute approximate surface area is 97.6 Å². The number of H-pyrrole nitrogens is 1. The maximum Gasteiger partial charge on any atom is 0.269 e. The van der Waals surface area contributed by atoms with Crippen molar-refractivity contribution >= 4 is 17.4 Å². The molecule has 16 heavy (non-hydrogen) atoms. The minimum atomic E-state index is -0.148. The van der Waals surface area contributed by atoms with E-state index in [1.165, 1.54) is 10.7 Å². The Kier molecular flexibility index (Phi) is 2.75. The fourth-order valence-electron chi connectivity index (χ4n) is 1.63. The first-order chi connectivity index (χ1) is 7.58. The second kappa shape index (κ2) is 4.06. The van der Waals surface area contributed by atoms with Gasteiger partial charge in [-0.05, 0) is 24.6 Å². The van der Waals surface area contributed by atoms with Crippen LogP contribution in [-0.2, 0) is 0 Å². The second-order valence-electron chi connectivity index (χ2n) is 3.65. The van der Waals surface area contributed by atoms with Crippen molar-refractivity contribution in [1.82, 2.24) is 9.78 Å². The van der Waals surface area contributed by atoms with Gasteiger partial charge < -0.3 is 5.73 Å². The SMILES string of the molecule is CC(c1cccc(Cl)c1)n1[nH]c(N)cc1=O. The quantitative estimate of drug-likeness (QED) is 0.839. The number of aromatic nitrogens is 2. The largest absolute Gasteiger partial charge is 0.384 e. The number of benzene rings is 1. The Balaban J connectivity index is 2.42. The lowest BCUT2D eigenvalue weighted by molar-refractivity contribution is 0.550. The van der Waals surface area contributed by atoms with Gasteiger partial charge >= 0.3 is 0 Å². The van der Waals surface area contributed by atoms with E-state index < -0.39 is 0 Å². The lowest BCUT2D eigenvalue weighted by atomic mass is 10.1. The molecule has 0 fully saturated rings. The summed E-state index contributed by atoms with van der Waals surface area (Å²) >= 11 is 5.90. The minimum Gasteiger partial charge on any atom is -0.384 e. The van der Waals surface area contributed by atoms with Crippen molar-refractivity contribution < 1.29 is 0 Å². The molecule has 0 spiro atoms. The first-order valence-corrected chi connectivity index (χ1v) is 5.28. The van der Waals surface area contributed by atoms with Crippen LogP contribution in [0.4, 0.5) is 5.82 Å². The Morgan fingerprint density at radius 3 is 2.75 bits per heavy atom. The number of hydrogen-bond acceptors (Lipinski definition) is 2. The number of halogens is 1. The summed E-state index contributed by atoms with van der Waals surface area (Å²) in [5, 5.41) is 3.45. The van der Waals surface area contributed by atoms with Gasteiger partial charge in [0.25, 0.3) is 5.56 Å². The number of rotatable bonds is 2. The Bertz CT molecular complexity index is 558. The molecule has 1 aromatic carbocycles. The smallest absolute Gasteiger partial charge is 0.269 e. The van der Waals surface area contributed by atoms with Crippen LogP contribution in [0.3, 0.4) is 0 Å². The van der Waals surface area contributed by atoms with Gasteiger partial charge in [0.05, 0.1) is 6.04 Å². The molecular formula is C11H12ClN3O. The molecule has 2 rings (SSSR count). The Hall–Kier alpha value is -1.68. The van der Waals surface area contributed by atoms with E-state index in [1.807, 2.05) is 25.1 Å². The third kappa shape index (κ3) is 1.97. The van der Waals surface area contributed by atoms with Gasteiger partial charge in [0.2, 0.25) is 0 Å². The zero-order valence-electron chi connectivity index (χ0n) is 8.77. The lowest BCUT2D eigenvalue weighted by Crippen LogP contribution is -2.20. The Morgan fingerprint density at radius 1 is 1.44 bits per heavy atom. The summed E-state index contributed by atoms with van der Waals surface area (Å²) < 4.78 is 1.47. The van der Waals surface area contributed by atoms with Crippen LogP contribution in [0.1, 0.15) is 18.5 Å². The van der Waals surface area contributed by atoms with E-state index in [1.54, 1.807) is 6.07 Å². The highest BCUT2D eigenvalue weighted by molar-refractivity contribution is 6.30. The van der Waals surface area contributed by atoms with Gasteiger partial charge in [0, 0.05) is 11.1 Å². The first-order valence-electron chi connectivity index (χ1n) is 4.90. The van der Waals surface area contributed by atoms with Crippen molar-refractivity contribution in [1.29, 1.82) is 0 Å². The van der Waals surface area contributed by atoms with E-state index in [4.69, 9.17) is 17.3 Å². The highest BCUT2D eigenvalue weighted by atomic mass is 35.5. The number of nitrogen functional groups attached to an aromatic ring is 1. The molecule has 0 radical (unpaired) electrons. The van der Waals surface area contributed by atoms with Crippen LogP contribution < -0.4 is 11.3 Å². The molecule has 0 saturated heterocycles. The molecule has 1 unspecified atom stereocenters. The van der Waals surface area contributed by atoms with Gasteiger partial charge in [-0.25, -0.2) is 4.68 Å². The van der Waals surface area contributed by atoms with E-state index in [9.17, 15) is 4.79 Å². The molecule has 0 saturated carbocycles. The summed E-state index contributed by atoms with van der Waals surface area (Å²) in [6.45, 7) is 1.91. The fourth-order valence-corrected chi connectivity index (χ4v) is 1.83. The van der Waals surface area contributed by atoms with E-state index in [-0.39, 0.29) is 11.6 Å².